The first-order valence-corrected chi connectivity index (χ1v) is 9.59. The van der Waals surface area contributed by atoms with E-state index in [2.05, 4.69) is 6.92 Å². The van der Waals surface area contributed by atoms with Crippen molar-refractivity contribution in [3.8, 4) is 17.2 Å². The summed E-state index contributed by atoms with van der Waals surface area (Å²) in [6.45, 7) is 6.32. The fraction of sp³-hybridized carbons (Fsp3) is 0.333. The second-order valence-electron chi connectivity index (χ2n) is 8.26. The molecule has 146 valence electrons. The van der Waals surface area contributed by atoms with E-state index in [1.165, 1.54) is 0 Å². The predicted molar refractivity (Wildman–Crippen MR) is 108 cm³/mol. The van der Waals surface area contributed by atoms with E-state index in [0.717, 1.165) is 28.0 Å². The Balaban J connectivity index is 1.87. The maximum absolute atomic E-state index is 14.1. The Kier molecular flexibility index (Phi) is 4.45. The number of hydrogen-bond acceptors (Lipinski definition) is 3. The molecule has 0 amide bonds. The molecule has 2 aliphatic rings. The molecule has 3 atom stereocenters. The highest BCUT2D eigenvalue weighted by atomic mass is 19.1. The number of hydrogen-bond donors (Lipinski definition) is 2. The molecule has 1 aliphatic heterocycles. The van der Waals surface area contributed by atoms with E-state index in [1.807, 2.05) is 38.1 Å². The first kappa shape index (κ1) is 18.6. The maximum atomic E-state index is 14.1. The van der Waals surface area contributed by atoms with Gasteiger partial charge in [-0.3, -0.25) is 0 Å². The van der Waals surface area contributed by atoms with Gasteiger partial charge in [-0.25, -0.2) is 4.39 Å². The van der Waals surface area contributed by atoms with Crippen LogP contribution in [-0.2, 0) is 0 Å². The molecule has 2 aromatic carbocycles. The van der Waals surface area contributed by atoms with Crippen LogP contribution in [0.15, 0.2) is 60.0 Å². The Bertz CT molecular complexity index is 974. The van der Waals surface area contributed by atoms with Crippen LogP contribution < -0.4 is 4.74 Å². The second kappa shape index (κ2) is 6.69. The summed E-state index contributed by atoms with van der Waals surface area (Å²) in [5.41, 5.74) is 3.28. The third kappa shape index (κ3) is 2.97. The van der Waals surface area contributed by atoms with Crippen molar-refractivity contribution in [3.63, 3.8) is 0 Å². The van der Waals surface area contributed by atoms with E-state index in [-0.39, 0.29) is 34.6 Å². The zero-order valence-electron chi connectivity index (χ0n) is 16.4. The summed E-state index contributed by atoms with van der Waals surface area (Å²) >= 11 is 0. The van der Waals surface area contributed by atoms with Crippen molar-refractivity contribution < 1.29 is 19.3 Å². The summed E-state index contributed by atoms with van der Waals surface area (Å²) in [5, 5.41) is 19.8. The molecule has 0 aromatic heterocycles. The van der Waals surface area contributed by atoms with Gasteiger partial charge >= 0.3 is 0 Å². The first-order valence-electron chi connectivity index (χ1n) is 9.59. The Labute approximate surface area is 164 Å². The van der Waals surface area contributed by atoms with Crippen molar-refractivity contribution >= 4 is 0 Å². The molecule has 0 fully saturated rings. The lowest BCUT2D eigenvalue weighted by atomic mass is 9.61. The number of allylic oxidation sites excluding steroid dienone is 4. The highest BCUT2D eigenvalue weighted by Crippen LogP contribution is 2.56. The lowest BCUT2D eigenvalue weighted by Gasteiger charge is -2.45. The molecule has 4 rings (SSSR count). The largest absolute Gasteiger partial charge is 0.508 e. The minimum atomic E-state index is -0.301. The van der Waals surface area contributed by atoms with Crippen molar-refractivity contribution in [1.29, 1.82) is 0 Å². The molecule has 2 aromatic rings. The number of fused-ring (bicyclic) bond motifs is 1. The van der Waals surface area contributed by atoms with Gasteiger partial charge in [-0.2, -0.15) is 0 Å². The standard InChI is InChI=1S/C24H25FO3/c1-14-12-24(3,11-10-20(14)25)22-18-8-9-21(27)15(2)23(18)28-13-19(22)16-4-6-17(26)7-5-16/h4-11,19,22,26-27H,12-13H2,1-3H3/t19-,22-,24?/m0/s1. The van der Waals surface area contributed by atoms with Crippen LogP contribution in [0.2, 0.25) is 0 Å². The number of phenolic OH excluding ortho intramolecular Hbond substituents is 2. The van der Waals surface area contributed by atoms with Crippen molar-refractivity contribution in [2.45, 2.75) is 39.0 Å². The van der Waals surface area contributed by atoms with Gasteiger partial charge in [0.1, 0.15) is 23.1 Å². The molecule has 0 bridgehead atoms. The Hall–Kier alpha value is -2.75. The topological polar surface area (TPSA) is 49.7 Å². The Morgan fingerprint density at radius 1 is 1.07 bits per heavy atom. The highest BCUT2D eigenvalue weighted by molar-refractivity contribution is 5.54. The van der Waals surface area contributed by atoms with Gasteiger partial charge in [0.15, 0.2) is 0 Å². The van der Waals surface area contributed by atoms with Crippen molar-refractivity contribution in [1.82, 2.24) is 0 Å². The Morgan fingerprint density at radius 3 is 2.46 bits per heavy atom. The Morgan fingerprint density at radius 2 is 1.79 bits per heavy atom. The van der Waals surface area contributed by atoms with Gasteiger partial charge in [0.2, 0.25) is 0 Å². The summed E-state index contributed by atoms with van der Waals surface area (Å²) < 4.78 is 20.2. The maximum Gasteiger partial charge on any atom is 0.129 e. The van der Waals surface area contributed by atoms with Crippen molar-refractivity contribution in [3.05, 3.63) is 76.6 Å². The van der Waals surface area contributed by atoms with E-state index in [1.54, 1.807) is 24.3 Å². The fourth-order valence-corrected chi connectivity index (χ4v) is 4.78. The zero-order valence-corrected chi connectivity index (χ0v) is 16.4. The molecule has 0 radical (unpaired) electrons. The number of benzene rings is 2. The minimum Gasteiger partial charge on any atom is -0.508 e. The molecule has 2 N–H and O–H groups in total. The lowest BCUT2D eigenvalue weighted by Crippen LogP contribution is -2.36. The number of ether oxygens (including phenoxy) is 1. The van der Waals surface area contributed by atoms with Gasteiger partial charge in [-0.1, -0.05) is 31.2 Å². The molecule has 0 saturated carbocycles. The van der Waals surface area contributed by atoms with Crippen molar-refractivity contribution in [2.24, 2.45) is 5.41 Å². The summed E-state index contributed by atoms with van der Waals surface area (Å²) in [6.07, 6.45) is 4.17. The summed E-state index contributed by atoms with van der Waals surface area (Å²) in [5.74, 6) is 1.09. The van der Waals surface area contributed by atoms with Gasteiger partial charge in [0, 0.05) is 17.4 Å². The van der Waals surface area contributed by atoms with E-state index >= 15 is 0 Å². The monoisotopic (exact) mass is 380 g/mol. The normalized spacial score (nSPS) is 26.7. The van der Waals surface area contributed by atoms with Gasteiger partial charge < -0.3 is 14.9 Å². The predicted octanol–water partition coefficient (Wildman–Crippen LogP) is 5.88. The summed E-state index contributed by atoms with van der Waals surface area (Å²) in [7, 11) is 0. The SMILES string of the molecule is CC1=C(F)C=CC(C)([C@H]2c3ccc(O)c(C)c3OC[C@H]2c2ccc(O)cc2)C1. The average molecular weight is 380 g/mol. The van der Waals surface area contributed by atoms with Gasteiger partial charge in [-0.05, 0) is 66.7 Å². The minimum absolute atomic E-state index is 0.0411. The fourth-order valence-electron chi connectivity index (χ4n) is 4.78. The number of phenols is 2. The average Bonchev–Trinajstić information content (AvgIpc) is 2.68. The smallest absolute Gasteiger partial charge is 0.129 e. The lowest BCUT2D eigenvalue weighted by molar-refractivity contribution is 0.176. The van der Waals surface area contributed by atoms with Crippen LogP contribution in [0.25, 0.3) is 0 Å². The van der Waals surface area contributed by atoms with Gasteiger partial charge in [0.05, 0.1) is 6.61 Å². The number of halogens is 1. The highest BCUT2D eigenvalue weighted by Gasteiger charge is 2.45. The molecule has 0 spiro atoms. The third-order valence-corrected chi connectivity index (χ3v) is 6.25. The quantitative estimate of drug-likeness (QED) is 0.684. The van der Waals surface area contributed by atoms with Crippen LogP contribution in [-0.4, -0.2) is 16.8 Å². The number of aromatic hydroxyl groups is 2. The zero-order chi connectivity index (χ0) is 20.1. The van der Waals surface area contributed by atoms with Crippen LogP contribution in [0.5, 0.6) is 17.2 Å². The van der Waals surface area contributed by atoms with Gasteiger partial charge in [0.25, 0.3) is 0 Å². The molecular formula is C24H25FO3. The van der Waals surface area contributed by atoms with Gasteiger partial charge in [-0.15, -0.1) is 0 Å². The molecule has 28 heavy (non-hydrogen) atoms. The van der Waals surface area contributed by atoms with E-state index in [0.29, 0.717) is 13.0 Å². The van der Waals surface area contributed by atoms with Crippen LogP contribution >= 0.6 is 0 Å². The van der Waals surface area contributed by atoms with Crippen LogP contribution in [0.1, 0.15) is 48.8 Å². The van der Waals surface area contributed by atoms with Crippen LogP contribution in [0.3, 0.4) is 0 Å². The van der Waals surface area contributed by atoms with E-state index in [9.17, 15) is 14.6 Å². The molecule has 0 saturated heterocycles. The number of rotatable bonds is 2. The van der Waals surface area contributed by atoms with E-state index < -0.39 is 0 Å². The molecule has 4 heteroatoms. The van der Waals surface area contributed by atoms with E-state index in [4.69, 9.17) is 4.74 Å². The molecule has 3 nitrogen and oxygen atoms in total. The summed E-state index contributed by atoms with van der Waals surface area (Å²) in [4.78, 5) is 0. The third-order valence-electron chi connectivity index (χ3n) is 6.25. The van der Waals surface area contributed by atoms with Crippen LogP contribution in [0, 0.1) is 12.3 Å². The molecular weight excluding hydrogens is 355 g/mol. The second-order valence-corrected chi connectivity index (χ2v) is 8.26. The van der Waals surface area contributed by atoms with Crippen molar-refractivity contribution in [2.75, 3.05) is 6.61 Å². The molecule has 1 aliphatic carbocycles. The molecule has 1 unspecified atom stereocenters. The molecule has 1 heterocycles. The first-order chi connectivity index (χ1) is 13.3. The van der Waals surface area contributed by atoms with Crippen LogP contribution in [0.4, 0.5) is 4.39 Å². The summed E-state index contributed by atoms with van der Waals surface area (Å²) in [6, 6.07) is 10.9.